The molecule has 3 nitrogen and oxygen atoms in total. The van der Waals surface area contributed by atoms with Crippen molar-refractivity contribution in [2.45, 2.75) is 27.7 Å². The molecule has 0 heterocycles. The summed E-state index contributed by atoms with van der Waals surface area (Å²) in [7, 11) is 1.76. The zero-order valence-corrected chi connectivity index (χ0v) is 7.97. The number of hydrogen-bond acceptors (Lipinski definition) is 3. The first-order valence-electron chi connectivity index (χ1n) is 3.65. The lowest BCUT2D eigenvalue weighted by Gasteiger charge is -2.20. The molecule has 2 N–H and O–H groups in total. The highest BCUT2D eigenvalue weighted by Gasteiger charge is 2.20. The highest BCUT2D eigenvalue weighted by Crippen LogP contribution is 2.16. The molecule has 0 aliphatic carbocycles. The normalized spacial score (nSPS) is 15.4. The first-order valence-corrected chi connectivity index (χ1v) is 3.65. The summed E-state index contributed by atoms with van der Waals surface area (Å²) in [5.74, 6) is 5.15. The van der Waals surface area contributed by atoms with Gasteiger partial charge in [-0.25, -0.2) is 0 Å². The minimum Gasteiger partial charge on any atom is -0.323 e. The van der Waals surface area contributed by atoms with Crippen LogP contribution in [0.25, 0.3) is 0 Å². The van der Waals surface area contributed by atoms with Crippen LogP contribution < -0.4 is 5.84 Å². The van der Waals surface area contributed by atoms with E-state index < -0.39 is 0 Å². The molecule has 0 rings (SSSR count). The van der Waals surface area contributed by atoms with Crippen molar-refractivity contribution >= 4 is 11.4 Å². The SMILES string of the molecule is C/N=C(\C(C)=N/N)C(C)(C)C. The maximum atomic E-state index is 5.15. The van der Waals surface area contributed by atoms with Gasteiger partial charge in [-0.1, -0.05) is 20.8 Å². The number of hydrogen-bond donors (Lipinski definition) is 1. The predicted molar refractivity (Wildman–Crippen MR) is 50.1 cm³/mol. The minimum atomic E-state index is 0.0295. The summed E-state index contributed by atoms with van der Waals surface area (Å²) in [6.07, 6.45) is 0. The van der Waals surface area contributed by atoms with Crippen molar-refractivity contribution < 1.29 is 0 Å². The Balaban J connectivity index is 4.73. The summed E-state index contributed by atoms with van der Waals surface area (Å²) in [4.78, 5) is 4.14. The lowest BCUT2D eigenvalue weighted by atomic mass is 9.87. The Morgan fingerprint density at radius 3 is 1.82 bits per heavy atom. The van der Waals surface area contributed by atoms with E-state index >= 15 is 0 Å². The van der Waals surface area contributed by atoms with Crippen molar-refractivity contribution in [2.75, 3.05) is 7.05 Å². The molecule has 0 saturated carbocycles. The molecule has 0 atom stereocenters. The zero-order valence-electron chi connectivity index (χ0n) is 7.97. The third kappa shape index (κ3) is 2.70. The van der Waals surface area contributed by atoms with Gasteiger partial charge in [0.2, 0.25) is 0 Å². The standard InChI is InChI=1S/C8H17N3/c1-6(11-9)7(10-5)8(2,3)4/h9H2,1-5H3/b10-7+,11-6-. The fraction of sp³-hybridized carbons (Fsp3) is 0.750. The molecule has 0 unspecified atom stereocenters. The van der Waals surface area contributed by atoms with Gasteiger partial charge in [0.05, 0.1) is 11.4 Å². The van der Waals surface area contributed by atoms with Crippen LogP contribution >= 0.6 is 0 Å². The number of nitrogens with two attached hydrogens (primary N) is 1. The Morgan fingerprint density at radius 1 is 1.27 bits per heavy atom. The van der Waals surface area contributed by atoms with Crippen LogP contribution in [0.2, 0.25) is 0 Å². The van der Waals surface area contributed by atoms with E-state index in [9.17, 15) is 0 Å². The number of hydrazone groups is 1. The molecule has 64 valence electrons. The van der Waals surface area contributed by atoms with E-state index in [1.165, 1.54) is 0 Å². The summed E-state index contributed by atoms with van der Waals surface area (Å²) < 4.78 is 0. The summed E-state index contributed by atoms with van der Waals surface area (Å²) >= 11 is 0. The first kappa shape index (κ1) is 10.1. The highest BCUT2D eigenvalue weighted by atomic mass is 15.1. The van der Waals surface area contributed by atoms with Gasteiger partial charge >= 0.3 is 0 Å². The second kappa shape index (κ2) is 3.51. The Morgan fingerprint density at radius 2 is 1.73 bits per heavy atom. The summed E-state index contributed by atoms with van der Waals surface area (Å²) in [5, 5.41) is 3.61. The Hall–Kier alpha value is -0.860. The van der Waals surface area contributed by atoms with E-state index in [1.54, 1.807) is 7.05 Å². The summed E-state index contributed by atoms with van der Waals surface area (Å²) in [6, 6.07) is 0. The molecule has 0 aromatic rings. The van der Waals surface area contributed by atoms with Crippen LogP contribution in [-0.4, -0.2) is 18.5 Å². The van der Waals surface area contributed by atoms with E-state index in [0.717, 1.165) is 11.4 Å². The maximum Gasteiger partial charge on any atom is 0.0784 e. The van der Waals surface area contributed by atoms with Crippen molar-refractivity contribution in [1.29, 1.82) is 0 Å². The largest absolute Gasteiger partial charge is 0.323 e. The molecule has 0 radical (unpaired) electrons. The van der Waals surface area contributed by atoms with Gasteiger partial charge in [-0.05, 0) is 6.92 Å². The lowest BCUT2D eigenvalue weighted by Crippen LogP contribution is -2.27. The fourth-order valence-electron chi connectivity index (χ4n) is 1.10. The molecule has 0 bridgehead atoms. The number of nitrogens with zero attached hydrogens (tertiary/aromatic N) is 2. The molecule has 0 spiro atoms. The molecule has 0 aliphatic rings. The quantitative estimate of drug-likeness (QED) is 0.347. The summed E-state index contributed by atoms with van der Waals surface area (Å²) in [6.45, 7) is 8.13. The molecule has 0 aromatic carbocycles. The lowest BCUT2D eigenvalue weighted by molar-refractivity contribution is 0.596. The van der Waals surface area contributed by atoms with Crippen LogP contribution in [0.15, 0.2) is 10.1 Å². The van der Waals surface area contributed by atoms with E-state index in [4.69, 9.17) is 5.84 Å². The minimum absolute atomic E-state index is 0.0295. The second-order valence-electron chi connectivity index (χ2n) is 3.54. The molecule has 11 heavy (non-hydrogen) atoms. The van der Waals surface area contributed by atoms with Gasteiger partial charge in [0.1, 0.15) is 0 Å². The van der Waals surface area contributed by atoms with Crippen molar-refractivity contribution in [2.24, 2.45) is 21.4 Å². The average Bonchev–Trinajstić information content (AvgIpc) is 1.86. The third-order valence-corrected chi connectivity index (χ3v) is 1.47. The molecular weight excluding hydrogens is 138 g/mol. The van der Waals surface area contributed by atoms with Crippen LogP contribution in [0.3, 0.4) is 0 Å². The Labute approximate surface area is 68.4 Å². The second-order valence-corrected chi connectivity index (χ2v) is 3.54. The van der Waals surface area contributed by atoms with E-state index in [0.29, 0.717) is 0 Å². The van der Waals surface area contributed by atoms with Crippen LogP contribution in [0.4, 0.5) is 0 Å². The maximum absolute atomic E-state index is 5.15. The Kier molecular flexibility index (Phi) is 3.23. The Bertz CT molecular complexity index is 184. The number of rotatable bonds is 1. The average molecular weight is 155 g/mol. The van der Waals surface area contributed by atoms with E-state index in [-0.39, 0.29) is 5.41 Å². The molecule has 0 amide bonds. The number of aliphatic imine (C=N–C) groups is 1. The van der Waals surface area contributed by atoms with Gasteiger partial charge in [-0.15, -0.1) is 0 Å². The molecule has 0 fully saturated rings. The molecular formula is C8H17N3. The van der Waals surface area contributed by atoms with Crippen molar-refractivity contribution in [3.8, 4) is 0 Å². The van der Waals surface area contributed by atoms with Crippen molar-refractivity contribution in [3.05, 3.63) is 0 Å². The van der Waals surface area contributed by atoms with Gasteiger partial charge in [-0.3, -0.25) is 4.99 Å². The monoisotopic (exact) mass is 155 g/mol. The van der Waals surface area contributed by atoms with E-state index in [2.05, 4.69) is 30.9 Å². The summed E-state index contributed by atoms with van der Waals surface area (Å²) in [5.41, 5.74) is 1.79. The van der Waals surface area contributed by atoms with Gasteiger partial charge in [0, 0.05) is 12.5 Å². The molecule has 3 heteroatoms. The van der Waals surface area contributed by atoms with Gasteiger partial charge in [0.15, 0.2) is 0 Å². The van der Waals surface area contributed by atoms with Crippen molar-refractivity contribution in [3.63, 3.8) is 0 Å². The van der Waals surface area contributed by atoms with Crippen molar-refractivity contribution in [1.82, 2.24) is 0 Å². The van der Waals surface area contributed by atoms with E-state index in [1.807, 2.05) is 6.92 Å². The molecule has 0 saturated heterocycles. The fourth-order valence-corrected chi connectivity index (χ4v) is 1.10. The van der Waals surface area contributed by atoms with Crippen LogP contribution in [0.5, 0.6) is 0 Å². The third-order valence-electron chi connectivity index (χ3n) is 1.47. The zero-order chi connectivity index (χ0) is 9.07. The van der Waals surface area contributed by atoms with Crippen LogP contribution in [0.1, 0.15) is 27.7 Å². The molecule has 0 aliphatic heterocycles. The van der Waals surface area contributed by atoms with Gasteiger partial charge < -0.3 is 5.84 Å². The predicted octanol–water partition coefficient (Wildman–Crippen LogP) is 1.44. The van der Waals surface area contributed by atoms with Crippen LogP contribution in [0, 0.1) is 5.41 Å². The first-order chi connectivity index (χ1) is 4.93. The van der Waals surface area contributed by atoms with Crippen LogP contribution in [-0.2, 0) is 0 Å². The van der Waals surface area contributed by atoms with Gasteiger partial charge in [-0.2, -0.15) is 5.10 Å². The molecule has 0 aromatic heterocycles. The smallest absolute Gasteiger partial charge is 0.0784 e. The van der Waals surface area contributed by atoms with Gasteiger partial charge in [0.25, 0.3) is 0 Å². The topological polar surface area (TPSA) is 50.7 Å². The highest BCUT2D eigenvalue weighted by molar-refractivity contribution is 6.43.